The van der Waals surface area contributed by atoms with Gasteiger partial charge in [0.05, 0.1) is 41.9 Å². The molecule has 7 atom stereocenters. The topological polar surface area (TPSA) is 116 Å². The van der Waals surface area contributed by atoms with E-state index >= 15 is 0 Å². The number of nitrogens with zero attached hydrogens (tertiary/aromatic N) is 1. The van der Waals surface area contributed by atoms with Crippen LogP contribution in [0, 0.1) is 5.92 Å². The Hall–Kier alpha value is -0.520. The first-order chi connectivity index (χ1) is 13.1. The third-order valence-electron chi connectivity index (χ3n) is 5.99. The van der Waals surface area contributed by atoms with E-state index in [9.17, 15) is 4.79 Å². The van der Waals surface area contributed by atoms with E-state index in [0.717, 1.165) is 45.4 Å². The molecule has 4 aliphatic heterocycles. The van der Waals surface area contributed by atoms with Gasteiger partial charge in [0.25, 0.3) is 0 Å². The standard InChI is InChI=1S/C17H32ClN7O2/c18-10-6-22-16-14(15(19)24-25(16)9-10)17(26)23-12-8-21-5-3-13(12)27-11-2-1-4-20-7-11/h10-16,20-22,24H,1-9,19H2,(H,23,26). The lowest BCUT2D eigenvalue weighted by atomic mass is 9.98. The Bertz CT molecular complexity index is 522. The summed E-state index contributed by atoms with van der Waals surface area (Å²) in [6.07, 6.45) is 2.82. The third-order valence-corrected chi connectivity index (χ3v) is 6.28. The molecule has 0 spiro atoms. The van der Waals surface area contributed by atoms with Gasteiger partial charge in [0, 0.05) is 26.2 Å². The van der Waals surface area contributed by atoms with Gasteiger partial charge in [-0.2, -0.15) is 0 Å². The van der Waals surface area contributed by atoms with Crippen molar-refractivity contribution in [2.75, 3.05) is 39.3 Å². The highest BCUT2D eigenvalue weighted by molar-refractivity contribution is 6.21. The smallest absolute Gasteiger partial charge is 0.229 e. The highest BCUT2D eigenvalue weighted by Crippen LogP contribution is 2.23. The number of fused-ring (bicyclic) bond motifs is 1. The molecule has 1 amide bonds. The second kappa shape index (κ2) is 8.87. The predicted octanol–water partition coefficient (Wildman–Crippen LogP) is -2.14. The van der Waals surface area contributed by atoms with Gasteiger partial charge >= 0.3 is 0 Å². The maximum absolute atomic E-state index is 13.1. The Morgan fingerprint density at radius 2 is 2.04 bits per heavy atom. The van der Waals surface area contributed by atoms with Gasteiger partial charge in [-0.1, -0.05) is 0 Å². The zero-order valence-corrected chi connectivity index (χ0v) is 16.4. The number of carbonyl (C=O) groups excluding carboxylic acids is 1. The van der Waals surface area contributed by atoms with E-state index in [4.69, 9.17) is 22.1 Å². The van der Waals surface area contributed by atoms with Gasteiger partial charge in [-0.25, -0.2) is 10.4 Å². The van der Waals surface area contributed by atoms with Crippen LogP contribution in [0.25, 0.3) is 0 Å². The van der Waals surface area contributed by atoms with E-state index in [1.807, 2.05) is 5.01 Å². The number of nitrogens with one attached hydrogen (secondary N) is 5. The molecule has 4 fully saturated rings. The molecule has 4 rings (SSSR count). The molecule has 0 saturated carbocycles. The molecule has 4 aliphatic rings. The van der Waals surface area contributed by atoms with Crippen molar-refractivity contribution in [1.29, 1.82) is 0 Å². The molecule has 4 heterocycles. The Kier molecular flexibility index (Phi) is 6.50. The highest BCUT2D eigenvalue weighted by Gasteiger charge is 2.47. The van der Waals surface area contributed by atoms with Crippen LogP contribution in [0.2, 0.25) is 0 Å². The molecular weight excluding hydrogens is 370 g/mol. The van der Waals surface area contributed by atoms with E-state index in [-0.39, 0.29) is 41.6 Å². The average molecular weight is 402 g/mol. The second-order valence-electron chi connectivity index (χ2n) is 8.03. The molecule has 0 aromatic rings. The molecule has 7 unspecified atom stereocenters. The third kappa shape index (κ3) is 4.56. The van der Waals surface area contributed by atoms with Crippen LogP contribution in [0.4, 0.5) is 0 Å². The maximum Gasteiger partial charge on any atom is 0.229 e. The summed E-state index contributed by atoms with van der Waals surface area (Å²) in [6.45, 7) is 4.93. The molecule has 27 heavy (non-hydrogen) atoms. The van der Waals surface area contributed by atoms with Crippen molar-refractivity contribution in [2.24, 2.45) is 11.7 Å². The molecule has 9 nitrogen and oxygen atoms in total. The summed E-state index contributed by atoms with van der Waals surface area (Å²) < 4.78 is 6.35. The van der Waals surface area contributed by atoms with Gasteiger partial charge < -0.3 is 26.4 Å². The number of hydrogen-bond donors (Lipinski definition) is 6. The zero-order chi connectivity index (χ0) is 18.8. The Labute approximate surface area is 165 Å². The summed E-state index contributed by atoms with van der Waals surface area (Å²) in [5, 5.41) is 15.3. The van der Waals surface area contributed by atoms with Crippen molar-refractivity contribution in [3.05, 3.63) is 0 Å². The van der Waals surface area contributed by atoms with E-state index in [2.05, 4.69) is 26.7 Å². The molecule has 0 aliphatic carbocycles. The normalized spacial score (nSPS) is 43.3. The minimum absolute atomic E-state index is 0.00666. The number of carbonyl (C=O) groups is 1. The fraction of sp³-hybridized carbons (Fsp3) is 0.941. The summed E-state index contributed by atoms with van der Waals surface area (Å²) >= 11 is 6.21. The molecular formula is C17H32ClN7O2. The van der Waals surface area contributed by atoms with Crippen LogP contribution in [0.3, 0.4) is 0 Å². The lowest BCUT2D eigenvalue weighted by Crippen LogP contribution is -2.61. The predicted molar refractivity (Wildman–Crippen MR) is 103 cm³/mol. The number of alkyl halides is 1. The summed E-state index contributed by atoms with van der Waals surface area (Å²) in [4.78, 5) is 13.1. The van der Waals surface area contributed by atoms with Crippen LogP contribution in [0.5, 0.6) is 0 Å². The van der Waals surface area contributed by atoms with Crippen LogP contribution in [-0.2, 0) is 9.53 Å². The molecule has 0 aromatic carbocycles. The molecule has 0 bridgehead atoms. The van der Waals surface area contributed by atoms with Crippen LogP contribution in [0.15, 0.2) is 0 Å². The quantitative estimate of drug-likeness (QED) is 0.296. The second-order valence-corrected chi connectivity index (χ2v) is 8.65. The molecule has 10 heteroatoms. The van der Waals surface area contributed by atoms with Gasteiger partial charge in [-0.05, 0) is 32.4 Å². The Balaban J connectivity index is 1.36. The lowest BCUT2D eigenvalue weighted by molar-refractivity contribution is -0.130. The maximum atomic E-state index is 13.1. The molecule has 0 aromatic heterocycles. The number of hydrogen-bond acceptors (Lipinski definition) is 8. The van der Waals surface area contributed by atoms with E-state index in [1.54, 1.807) is 0 Å². The number of halogens is 1. The summed E-state index contributed by atoms with van der Waals surface area (Å²) in [5.41, 5.74) is 9.40. The van der Waals surface area contributed by atoms with Gasteiger partial charge in [0.2, 0.25) is 5.91 Å². The zero-order valence-electron chi connectivity index (χ0n) is 15.6. The van der Waals surface area contributed by atoms with E-state index in [0.29, 0.717) is 13.1 Å². The van der Waals surface area contributed by atoms with Crippen molar-refractivity contribution in [1.82, 2.24) is 31.7 Å². The van der Waals surface area contributed by atoms with Crippen LogP contribution < -0.4 is 32.4 Å². The number of amides is 1. The number of rotatable bonds is 4. The van der Waals surface area contributed by atoms with Crippen molar-refractivity contribution in [3.63, 3.8) is 0 Å². The summed E-state index contributed by atoms with van der Waals surface area (Å²) in [6, 6.07) is -0.0428. The number of ether oxygens (including phenoxy) is 1. The highest BCUT2D eigenvalue weighted by atomic mass is 35.5. The molecule has 7 N–H and O–H groups in total. The van der Waals surface area contributed by atoms with Gasteiger partial charge in [0.1, 0.15) is 0 Å². The van der Waals surface area contributed by atoms with Crippen LogP contribution in [0.1, 0.15) is 19.3 Å². The first-order valence-electron chi connectivity index (χ1n) is 10.1. The lowest BCUT2D eigenvalue weighted by Gasteiger charge is -2.38. The van der Waals surface area contributed by atoms with E-state index < -0.39 is 6.17 Å². The van der Waals surface area contributed by atoms with Crippen molar-refractivity contribution in [3.8, 4) is 0 Å². The van der Waals surface area contributed by atoms with Crippen molar-refractivity contribution >= 4 is 17.5 Å². The average Bonchev–Trinajstić information content (AvgIpc) is 2.99. The molecule has 4 saturated heterocycles. The molecule has 0 radical (unpaired) electrons. The molecule has 154 valence electrons. The minimum atomic E-state index is -0.428. The Morgan fingerprint density at radius 1 is 1.19 bits per heavy atom. The fourth-order valence-corrected chi connectivity index (χ4v) is 4.82. The van der Waals surface area contributed by atoms with Gasteiger partial charge in [-0.15, -0.1) is 11.6 Å². The summed E-state index contributed by atoms with van der Waals surface area (Å²) in [5.74, 6) is -0.403. The first kappa shape index (κ1) is 19.8. The summed E-state index contributed by atoms with van der Waals surface area (Å²) in [7, 11) is 0. The fourth-order valence-electron chi connectivity index (χ4n) is 4.58. The number of piperidine rings is 2. The minimum Gasteiger partial charge on any atom is -0.371 e. The number of nitrogens with two attached hydrogens (primary N) is 1. The van der Waals surface area contributed by atoms with Crippen molar-refractivity contribution in [2.45, 2.75) is 55.2 Å². The first-order valence-corrected chi connectivity index (χ1v) is 10.6. The number of hydrazine groups is 1. The SMILES string of the molecule is NC1NN2CC(Cl)CNC2C1C(=O)NC1CNCCC1OC1CCCNC1. The Morgan fingerprint density at radius 3 is 2.85 bits per heavy atom. The largest absolute Gasteiger partial charge is 0.371 e. The monoisotopic (exact) mass is 401 g/mol. The van der Waals surface area contributed by atoms with Crippen LogP contribution in [-0.4, -0.2) is 86.1 Å². The van der Waals surface area contributed by atoms with Gasteiger partial charge in [0.15, 0.2) is 0 Å². The van der Waals surface area contributed by atoms with Crippen molar-refractivity contribution < 1.29 is 9.53 Å². The van der Waals surface area contributed by atoms with Gasteiger partial charge in [-0.3, -0.25) is 10.1 Å². The van der Waals surface area contributed by atoms with Crippen LogP contribution >= 0.6 is 11.6 Å². The van der Waals surface area contributed by atoms with E-state index in [1.165, 1.54) is 0 Å².